The quantitative estimate of drug-likeness (QED) is 0.733. The van der Waals surface area contributed by atoms with Gasteiger partial charge in [0.1, 0.15) is 0 Å². The van der Waals surface area contributed by atoms with E-state index in [9.17, 15) is 4.79 Å². The van der Waals surface area contributed by atoms with Crippen LogP contribution in [0.5, 0.6) is 0 Å². The molecule has 0 bridgehead atoms. The summed E-state index contributed by atoms with van der Waals surface area (Å²) in [6, 6.07) is 7.53. The van der Waals surface area contributed by atoms with Gasteiger partial charge >= 0.3 is 0 Å². The molecule has 18 heavy (non-hydrogen) atoms. The number of thiol groups is 1. The molecule has 0 saturated heterocycles. The summed E-state index contributed by atoms with van der Waals surface area (Å²) in [5, 5.41) is 2.82. The van der Waals surface area contributed by atoms with Crippen molar-refractivity contribution in [3.8, 4) is 0 Å². The number of carbonyl (C=O) groups excluding carboxylic acids is 1. The molecule has 0 aliphatic rings. The van der Waals surface area contributed by atoms with Crippen molar-refractivity contribution in [2.24, 2.45) is 0 Å². The van der Waals surface area contributed by atoms with Crippen molar-refractivity contribution in [2.75, 3.05) is 27.4 Å². The lowest BCUT2D eigenvalue weighted by molar-refractivity contribution is -0.121. The zero-order chi connectivity index (χ0) is 13.4. The minimum atomic E-state index is -0.112. The highest BCUT2D eigenvalue weighted by atomic mass is 32.1. The molecular formula is C13H19NO3S. The monoisotopic (exact) mass is 269 g/mol. The summed E-state index contributed by atoms with van der Waals surface area (Å²) >= 11 is 4.20. The van der Waals surface area contributed by atoms with Crippen LogP contribution in [0.1, 0.15) is 5.56 Å². The van der Waals surface area contributed by atoms with Crippen LogP contribution in [-0.2, 0) is 20.7 Å². The van der Waals surface area contributed by atoms with Crippen LogP contribution < -0.4 is 5.32 Å². The van der Waals surface area contributed by atoms with Crippen LogP contribution in [-0.4, -0.2) is 39.4 Å². The number of nitrogens with one attached hydrogen (secondary N) is 1. The second-order valence-electron chi connectivity index (χ2n) is 3.96. The van der Waals surface area contributed by atoms with E-state index in [-0.39, 0.29) is 12.0 Å². The molecule has 0 spiro atoms. The average molecular weight is 269 g/mol. The number of methoxy groups -OCH3 is 2. The number of hydrogen-bond acceptors (Lipinski definition) is 4. The standard InChI is InChI=1S/C13H19NO3S/c1-16-9-11(17-2)8-14-13(15)7-10-3-5-12(18)6-4-10/h3-6,11,18H,7-9H2,1-2H3,(H,14,15). The maximum Gasteiger partial charge on any atom is 0.224 e. The number of amides is 1. The Kier molecular flexibility index (Phi) is 6.78. The second kappa shape index (κ2) is 8.13. The van der Waals surface area contributed by atoms with Gasteiger partial charge in [0.05, 0.1) is 19.1 Å². The van der Waals surface area contributed by atoms with E-state index in [2.05, 4.69) is 17.9 Å². The predicted molar refractivity (Wildman–Crippen MR) is 73.1 cm³/mol. The molecule has 0 fully saturated rings. The smallest absolute Gasteiger partial charge is 0.224 e. The van der Waals surface area contributed by atoms with Crippen LogP contribution in [0.4, 0.5) is 0 Å². The fraction of sp³-hybridized carbons (Fsp3) is 0.462. The third-order valence-corrected chi connectivity index (χ3v) is 2.81. The lowest BCUT2D eigenvalue weighted by Crippen LogP contribution is -2.36. The van der Waals surface area contributed by atoms with Gasteiger partial charge in [-0.2, -0.15) is 0 Å². The lowest BCUT2D eigenvalue weighted by Gasteiger charge is -2.14. The Balaban J connectivity index is 2.35. The van der Waals surface area contributed by atoms with Crippen molar-refractivity contribution >= 4 is 18.5 Å². The third kappa shape index (κ3) is 5.53. The summed E-state index contributed by atoms with van der Waals surface area (Å²) in [6.45, 7) is 0.916. The van der Waals surface area contributed by atoms with Crippen molar-refractivity contribution in [1.29, 1.82) is 0 Å². The van der Waals surface area contributed by atoms with E-state index in [1.165, 1.54) is 0 Å². The molecule has 5 heteroatoms. The molecule has 1 aromatic carbocycles. The molecular weight excluding hydrogens is 250 g/mol. The van der Waals surface area contributed by atoms with E-state index < -0.39 is 0 Å². The Bertz CT molecular complexity index is 367. The van der Waals surface area contributed by atoms with E-state index in [0.29, 0.717) is 19.6 Å². The molecule has 0 aliphatic heterocycles. The van der Waals surface area contributed by atoms with Crippen LogP contribution in [0.15, 0.2) is 29.2 Å². The van der Waals surface area contributed by atoms with Crippen LogP contribution in [0.3, 0.4) is 0 Å². The molecule has 1 rings (SSSR count). The Morgan fingerprint density at radius 1 is 1.33 bits per heavy atom. The Labute approximate surface area is 113 Å². The Morgan fingerprint density at radius 2 is 2.00 bits per heavy atom. The van der Waals surface area contributed by atoms with Gasteiger partial charge in [-0.3, -0.25) is 4.79 Å². The summed E-state index contributed by atoms with van der Waals surface area (Å²) in [6.07, 6.45) is 0.246. The number of rotatable bonds is 7. The molecule has 0 saturated carbocycles. The first kappa shape index (κ1) is 15.0. The van der Waals surface area contributed by atoms with Gasteiger partial charge in [0, 0.05) is 25.7 Å². The van der Waals surface area contributed by atoms with E-state index in [0.717, 1.165) is 10.5 Å². The molecule has 0 aliphatic carbocycles. The molecule has 0 aromatic heterocycles. The van der Waals surface area contributed by atoms with E-state index in [4.69, 9.17) is 9.47 Å². The van der Waals surface area contributed by atoms with Gasteiger partial charge in [0.2, 0.25) is 5.91 Å². The SMILES string of the molecule is COCC(CNC(=O)Cc1ccc(S)cc1)OC. The molecule has 1 N–H and O–H groups in total. The third-order valence-electron chi connectivity index (χ3n) is 2.51. The summed E-state index contributed by atoms with van der Waals surface area (Å²) in [4.78, 5) is 12.6. The lowest BCUT2D eigenvalue weighted by atomic mass is 10.1. The van der Waals surface area contributed by atoms with Crippen LogP contribution >= 0.6 is 12.6 Å². The number of benzene rings is 1. The summed E-state index contributed by atoms with van der Waals surface area (Å²) in [5.74, 6) is -0.0277. The summed E-state index contributed by atoms with van der Waals surface area (Å²) in [5.41, 5.74) is 0.964. The fourth-order valence-corrected chi connectivity index (χ4v) is 1.63. The van der Waals surface area contributed by atoms with Gasteiger partial charge in [-0.15, -0.1) is 12.6 Å². The van der Waals surface area contributed by atoms with Gasteiger partial charge in [-0.25, -0.2) is 0 Å². The Morgan fingerprint density at radius 3 is 2.56 bits per heavy atom. The van der Waals surface area contributed by atoms with Crippen molar-refractivity contribution in [3.05, 3.63) is 29.8 Å². The number of carbonyl (C=O) groups is 1. The number of hydrogen-bond donors (Lipinski definition) is 2. The minimum Gasteiger partial charge on any atom is -0.382 e. The first-order chi connectivity index (χ1) is 8.65. The topological polar surface area (TPSA) is 47.6 Å². The highest BCUT2D eigenvalue weighted by Gasteiger charge is 2.09. The van der Waals surface area contributed by atoms with E-state index in [1.54, 1.807) is 14.2 Å². The van der Waals surface area contributed by atoms with Gasteiger partial charge < -0.3 is 14.8 Å². The largest absolute Gasteiger partial charge is 0.382 e. The van der Waals surface area contributed by atoms with Crippen LogP contribution in [0.2, 0.25) is 0 Å². The average Bonchev–Trinajstić information content (AvgIpc) is 2.37. The maximum atomic E-state index is 11.7. The summed E-state index contributed by atoms with van der Waals surface area (Å²) < 4.78 is 10.1. The Hall–Kier alpha value is -1.04. The minimum absolute atomic E-state index is 0.0277. The van der Waals surface area contributed by atoms with Gasteiger partial charge in [-0.1, -0.05) is 12.1 Å². The second-order valence-corrected chi connectivity index (χ2v) is 4.48. The molecule has 0 radical (unpaired) electrons. The first-order valence-electron chi connectivity index (χ1n) is 5.72. The van der Waals surface area contributed by atoms with E-state index in [1.807, 2.05) is 24.3 Å². The molecule has 1 aromatic rings. The van der Waals surface area contributed by atoms with Crippen LogP contribution in [0.25, 0.3) is 0 Å². The molecule has 0 heterocycles. The predicted octanol–water partition coefficient (Wildman–Crippen LogP) is 1.30. The number of ether oxygens (including phenoxy) is 2. The maximum absolute atomic E-state index is 11.7. The molecule has 4 nitrogen and oxygen atoms in total. The van der Waals surface area contributed by atoms with Crippen LogP contribution in [0, 0.1) is 0 Å². The molecule has 1 unspecified atom stereocenters. The highest BCUT2D eigenvalue weighted by Crippen LogP contribution is 2.08. The van der Waals surface area contributed by atoms with Crippen molar-refractivity contribution < 1.29 is 14.3 Å². The van der Waals surface area contributed by atoms with Gasteiger partial charge in [0.25, 0.3) is 0 Å². The zero-order valence-corrected chi connectivity index (χ0v) is 11.6. The normalized spacial score (nSPS) is 12.2. The van der Waals surface area contributed by atoms with Gasteiger partial charge in [-0.05, 0) is 17.7 Å². The van der Waals surface area contributed by atoms with Crippen molar-refractivity contribution in [3.63, 3.8) is 0 Å². The zero-order valence-electron chi connectivity index (χ0n) is 10.7. The summed E-state index contributed by atoms with van der Waals surface area (Å²) in [7, 11) is 3.20. The van der Waals surface area contributed by atoms with E-state index >= 15 is 0 Å². The molecule has 1 atom stereocenters. The fourth-order valence-electron chi connectivity index (χ4n) is 1.49. The highest BCUT2D eigenvalue weighted by molar-refractivity contribution is 7.80. The van der Waals surface area contributed by atoms with Crippen molar-refractivity contribution in [1.82, 2.24) is 5.32 Å². The molecule has 100 valence electrons. The molecule has 1 amide bonds. The first-order valence-corrected chi connectivity index (χ1v) is 6.16. The van der Waals surface area contributed by atoms with Crippen molar-refractivity contribution in [2.45, 2.75) is 17.4 Å². The van der Waals surface area contributed by atoms with Gasteiger partial charge in [0.15, 0.2) is 0 Å².